The van der Waals surface area contributed by atoms with E-state index in [4.69, 9.17) is 0 Å². The van der Waals surface area contributed by atoms with Crippen LogP contribution in [-0.2, 0) is 13.0 Å². The molecular formula is C13H24BrN3O. The van der Waals surface area contributed by atoms with E-state index < -0.39 is 5.60 Å². The van der Waals surface area contributed by atoms with E-state index in [2.05, 4.69) is 47.1 Å². The Bertz CT molecular complexity index is 399. The Morgan fingerprint density at radius 3 is 2.61 bits per heavy atom. The molecule has 0 aliphatic carbocycles. The first-order valence-electron chi connectivity index (χ1n) is 6.44. The lowest BCUT2D eigenvalue weighted by molar-refractivity contribution is 0.0559. The molecule has 1 aromatic rings. The normalized spacial score (nSPS) is 15.1. The van der Waals surface area contributed by atoms with Gasteiger partial charge in [-0.15, -0.1) is 0 Å². The Kier molecular flexibility index (Phi) is 5.37. The number of rotatable bonds is 6. The van der Waals surface area contributed by atoms with Crippen molar-refractivity contribution in [1.82, 2.24) is 15.1 Å². The van der Waals surface area contributed by atoms with E-state index in [0.717, 1.165) is 22.4 Å². The molecule has 104 valence electrons. The van der Waals surface area contributed by atoms with Gasteiger partial charge in [0.05, 0.1) is 21.5 Å². The van der Waals surface area contributed by atoms with Crippen LogP contribution in [0.4, 0.5) is 0 Å². The van der Waals surface area contributed by atoms with Crippen LogP contribution in [0.3, 0.4) is 0 Å². The smallest absolute Gasteiger partial charge is 0.0799 e. The highest BCUT2D eigenvalue weighted by molar-refractivity contribution is 9.10. The number of aryl methyl sites for hydroxylation is 2. The number of aliphatic hydroxyl groups is 1. The number of hydrogen-bond acceptors (Lipinski definition) is 3. The maximum atomic E-state index is 10.4. The monoisotopic (exact) mass is 317 g/mol. The van der Waals surface area contributed by atoms with Crippen molar-refractivity contribution in [2.24, 2.45) is 0 Å². The Morgan fingerprint density at radius 1 is 1.50 bits per heavy atom. The second kappa shape index (κ2) is 6.17. The highest BCUT2D eigenvalue weighted by atomic mass is 79.9. The molecule has 1 atom stereocenters. The summed E-state index contributed by atoms with van der Waals surface area (Å²) in [5.41, 5.74) is 1.26. The van der Waals surface area contributed by atoms with Crippen molar-refractivity contribution >= 4 is 15.9 Å². The van der Waals surface area contributed by atoms with Gasteiger partial charge in [-0.3, -0.25) is 4.68 Å². The summed E-state index contributed by atoms with van der Waals surface area (Å²) in [4.78, 5) is 0. The van der Waals surface area contributed by atoms with Crippen molar-refractivity contribution in [2.75, 3.05) is 6.54 Å². The number of nitrogens with zero attached hydrogens (tertiary/aromatic N) is 2. The van der Waals surface area contributed by atoms with Crippen LogP contribution in [0.2, 0.25) is 0 Å². The lowest BCUT2D eigenvalue weighted by Crippen LogP contribution is -2.42. The van der Waals surface area contributed by atoms with Gasteiger partial charge in [0.25, 0.3) is 0 Å². The van der Waals surface area contributed by atoms with E-state index in [0.29, 0.717) is 19.0 Å². The third-order valence-corrected chi connectivity index (χ3v) is 3.92. The Morgan fingerprint density at radius 2 is 2.11 bits per heavy atom. The molecule has 1 rings (SSSR count). The molecule has 0 amide bonds. The molecule has 0 spiro atoms. The van der Waals surface area contributed by atoms with Crippen molar-refractivity contribution in [3.05, 3.63) is 15.9 Å². The van der Waals surface area contributed by atoms with Gasteiger partial charge in [0.15, 0.2) is 0 Å². The zero-order valence-corrected chi connectivity index (χ0v) is 13.5. The van der Waals surface area contributed by atoms with Crippen LogP contribution in [0, 0.1) is 6.92 Å². The first-order chi connectivity index (χ1) is 8.26. The molecule has 0 radical (unpaired) electrons. The van der Waals surface area contributed by atoms with Crippen molar-refractivity contribution in [2.45, 2.75) is 59.2 Å². The first-order valence-corrected chi connectivity index (χ1v) is 7.23. The van der Waals surface area contributed by atoms with Crippen LogP contribution >= 0.6 is 15.9 Å². The van der Waals surface area contributed by atoms with Crippen molar-refractivity contribution in [3.8, 4) is 0 Å². The van der Waals surface area contributed by atoms with E-state index in [1.165, 1.54) is 0 Å². The van der Waals surface area contributed by atoms with Crippen LogP contribution in [0.15, 0.2) is 4.47 Å². The van der Waals surface area contributed by atoms with Gasteiger partial charge in [-0.25, -0.2) is 0 Å². The second-order valence-corrected chi connectivity index (χ2v) is 6.16. The summed E-state index contributed by atoms with van der Waals surface area (Å²) in [5.74, 6) is 0. The quantitative estimate of drug-likeness (QED) is 0.846. The predicted molar refractivity (Wildman–Crippen MR) is 77.8 cm³/mol. The fraction of sp³-hybridized carbons (Fsp3) is 0.769. The zero-order valence-electron chi connectivity index (χ0n) is 11.9. The predicted octanol–water partition coefficient (Wildman–Crippen LogP) is 2.27. The van der Waals surface area contributed by atoms with E-state index in [1.54, 1.807) is 0 Å². The maximum absolute atomic E-state index is 10.4. The molecule has 0 aliphatic rings. The van der Waals surface area contributed by atoms with E-state index in [1.807, 2.05) is 18.5 Å². The fourth-order valence-electron chi connectivity index (χ4n) is 1.89. The van der Waals surface area contributed by atoms with Crippen LogP contribution in [0.5, 0.6) is 0 Å². The number of hydrogen-bond donors (Lipinski definition) is 2. The van der Waals surface area contributed by atoms with Gasteiger partial charge in [0, 0.05) is 25.6 Å². The minimum absolute atomic E-state index is 0.373. The first kappa shape index (κ1) is 15.7. The van der Waals surface area contributed by atoms with Gasteiger partial charge in [0.1, 0.15) is 0 Å². The number of nitrogens with one attached hydrogen (secondary N) is 1. The molecule has 1 unspecified atom stereocenters. The Hall–Kier alpha value is -0.390. The largest absolute Gasteiger partial charge is 0.388 e. The highest BCUT2D eigenvalue weighted by Gasteiger charge is 2.25. The summed E-state index contributed by atoms with van der Waals surface area (Å²) in [5, 5.41) is 18.2. The third-order valence-electron chi connectivity index (χ3n) is 2.89. The average molecular weight is 318 g/mol. The van der Waals surface area contributed by atoms with E-state index in [9.17, 15) is 5.11 Å². The summed E-state index contributed by atoms with van der Waals surface area (Å²) in [6, 6.07) is 0.373. The summed E-state index contributed by atoms with van der Waals surface area (Å²) in [7, 11) is 0. The summed E-state index contributed by atoms with van der Waals surface area (Å²) in [6.45, 7) is 11.4. The number of halogens is 1. The fourth-order valence-corrected chi connectivity index (χ4v) is 2.31. The van der Waals surface area contributed by atoms with Gasteiger partial charge >= 0.3 is 0 Å². The standard InChI is InChI=1S/C13H24BrN3O/c1-6-17-11(12(14)10(4)16-17)7-13(5,18)8-15-9(2)3/h9,15,18H,6-8H2,1-5H3. The van der Waals surface area contributed by atoms with Gasteiger partial charge in [0.2, 0.25) is 0 Å². The van der Waals surface area contributed by atoms with Crippen LogP contribution < -0.4 is 5.32 Å². The molecule has 1 aromatic heterocycles. The molecule has 1 heterocycles. The molecule has 18 heavy (non-hydrogen) atoms. The van der Waals surface area contributed by atoms with E-state index >= 15 is 0 Å². The lowest BCUT2D eigenvalue weighted by Gasteiger charge is -2.25. The van der Waals surface area contributed by atoms with Crippen molar-refractivity contribution in [1.29, 1.82) is 0 Å². The Balaban J connectivity index is 2.82. The van der Waals surface area contributed by atoms with Gasteiger partial charge in [-0.1, -0.05) is 13.8 Å². The van der Waals surface area contributed by atoms with Crippen molar-refractivity contribution < 1.29 is 5.11 Å². The lowest BCUT2D eigenvalue weighted by atomic mass is 9.99. The minimum atomic E-state index is -0.772. The molecule has 2 N–H and O–H groups in total. The van der Waals surface area contributed by atoms with Gasteiger partial charge in [-0.2, -0.15) is 5.10 Å². The SMILES string of the molecule is CCn1nc(C)c(Br)c1CC(C)(O)CNC(C)C. The maximum Gasteiger partial charge on any atom is 0.0799 e. The third kappa shape index (κ3) is 4.07. The van der Waals surface area contributed by atoms with Crippen LogP contribution in [-0.4, -0.2) is 33.1 Å². The van der Waals surface area contributed by atoms with Gasteiger partial charge in [-0.05, 0) is 36.7 Å². The van der Waals surface area contributed by atoms with Crippen molar-refractivity contribution in [3.63, 3.8) is 0 Å². The Labute approximate surface area is 118 Å². The molecule has 0 bridgehead atoms. The molecule has 4 nitrogen and oxygen atoms in total. The average Bonchev–Trinajstić information content (AvgIpc) is 2.54. The topological polar surface area (TPSA) is 50.1 Å². The molecular weight excluding hydrogens is 294 g/mol. The molecule has 0 saturated carbocycles. The zero-order chi connectivity index (χ0) is 13.9. The molecule has 0 aromatic carbocycles. The minimum Gasteiger partial charge on any atom is -0.388 e. The van der Waals surface area contributed by atoms with Gasteiger partial charge < -0.3 is 10.4 Å². The molecule has 0 fully saturated rings. The molecule has 5 heteroatoms. The second-order valence-electron chi connectivity index (χ2n) is 5.37. The molecule has 0 aliphatic heterocycles. The highest BCUT2D eigenvalue weighted by Crippen LogP contribution is 2.25. The number of aromatic nitrogens is 2. The summed E-state index contributed by atoms with van der Waals surface area (Å²) >= 11 is 3.56. The molecule has 0 saturated heterocycles. The van der Waals surface area contributed by atoms with Crippen LogP contribution in [0.25, 0.3) is 0 Å². The van der Waals surface area contributed by atoms with E-state index in [-0.39, 0.29) is 0 Å². The van der Waals surface area contributed by atoms with Crippen LogP contribution in [0.1, 0.15) is 39.1 Å². The summed E-state index contributed by atoms with van der Waals surface area (Å²) in [6.07, 6.45) is 0.585. The summed E-state index contributed by atoms with van der Waals surface area (Å²) < 4.78 is 2.96.